The lowest BCUT2D eigenvalue weighted by Gasteiger charge is -2.28. The predicted molar refractivity (Wildman–Crippen MR) is 106 cm³/mol. The van der Waals surface area contributed by atoms with E-state index in [9.17, 15) is 0 Å². The zero-order valence-corrected chi connectivity index (χ0v) is 17.0. The fraction of sp³-hybridized carbons (Fsp3) is 0.500. The van der Waals surface area contributed by atoms with Crippen molar-refractivity contribution in [2.45, 2.75) is 39.2 Å². The number of aromatic nitrogens is 3. The van der Waals surface area contributed by atoms with Gasteiger partial charge < -0.3 is 15.2 Å². The lowest BCUT2D eigenvalue weighted by atomic mass is 9.84. The van der Waals surface area contributed by atoms with Gasteiger partial charge in [-0.15, -0.1) is 10.2 Å². The molecule has 1 aromatic carbocycles. The highest BCUT2D eigenvalue weighted by atomic mass is 79.9. The molecule has 7 heteroatoms. The normalized spacial score (nSPS) is 12.3. The van der Waals surface area contributed by atoms with Crippen molar-refractivity contribution in [3.05, 3.63) is 46.5 Å². The van der Waals surface area contributed by atoms with E-state index < -0.39 is 0 Å². The van der Waals surface area contributed by atoms with Crippen LogP contribution >= 0.6 is 15.9 Å². The zero-order chi connectivity index (χ0) is 18.3. The Hall–Kier alpha value is -1.89. The van der Waals surface area contributed by atoms with Gasteiger partial charge in [0.15, 0.2) is 5.96 Å². The van der Waals surface area contributed by atoms with Gasteiger partial charge in [-0.05, 0) is 11.6 Å². The maximum Gasteiger partial charge on any atom is 0.191 e. The standard InChI is InChI=1S/C18H27BrN6/c1-5-16-24-23-13-25(16)11-10-21-17(20-4)22-12-18(2,3)14-8-6-7-9-15(14)19/h6-9,13H,5,10-12H2,1-4H3,(H2,20,21,22). The number of rotatable bonds is 7. The number of aryl methyl sites for hydroxylation is 1. The summed E-state index contributed by atoms with van der Waals surface area (Å²) in [5.74, 6) is 1.80. The summed E-state index contributed by atoms with van der Waals surface area (Å²) in [6, 6.07) is 8.33. The lowest BCUT2D eigenvalue weighted by Crippen LogP contribution is -2.44. The molecule has 0 spiro atoms. The zero-order valence-electron chi connectivity index (χ0n) is 15.4. The smallest absolute Gasteiger partial charge is 0.191 e. The summed E-state index contributed by atoms with van der Waals surface area (Å²) in [6.07, 6.45) is 2.65. The first kappa shape index (κ1) is 19.4. The van der Waals surface area contributed by atoms with Crippen molar-refractivity contribution in [1.82, 2.24) is 25.4 Å². The first-order valence-electron chi connectivity index (χ1n) is 8.54. The van der Waals surface area contributed by atoms with Crippen molar-refractivity contribution < 1.29 is 0 Å². The maximum absolute atomic E-state index is 4.31. The van der Waals surface area contributed by atoms with Gasteiger partial charge in [-0.1, -0.05) is 54.9 Å². The number of halogens is 1. The molecule has 0 saturated heterocycles. The third-order valence-electron chi connectivity index (χ3n) is 4.18. The van der Waals surface area contributed by atoms with Crippen molar-refractivity contribution >= 4 is 21.9 Å². The van der Waals surface area contributed by atoms with Crippen LogP contribution in [0.2, 0.25) is 0 Å². The summed E-state index contributed by atoms with van der Waals surface area (Å²) in [5.41, 5.74) is 1.25. The van der Waals surface area contributed by atoms with Crippen molar-refractivity contribution in [3.63, 3.8) is 0 Å². The Morgan fingerprint density at radius 1 is 1.28 bits per heavy atom. The molecule has 2 N–H and O–H groups in total. The second-order valence-corrected chi connectivity index (χ2v) is 7.36. The van der Waals surface area contributed by atoms with E-state index in [1.54, 1.807) is 13.4 Å². The van der Waals surface area contributed by atoms with Crippen LogP contribution in [0.4, 0.5) is 0 Å². The van der Waals surface area contributed by atoms with E-state index in [0.29, 0.717) is 0 Å². The van der Waals surface area contributed by atoms with E-state index in [1.807, 2.05) is 6.07 Å². The number of hydrogen-bond donors (Lipinski definition) is 2. The molecule has 0 unspecified atom stereocenters. The first-order chi connectivity index (χ1) is 12.0. The molecule has 0 aliphatic rings. The van der Waals surface area contributed by atoms with Gasteiger partial charge >= 0.3 is 0 Å². The third kappa shape index (κ3) is 5.29. The van der Waals surface area contributed by atoms with Crippen LogP contribution in [0.25, 0.3) is 0 Å². The van der Waals surface area contributed by atoms with E-state index in [1.165, 1.54) is 5.56 Å². The minimum absolute atomic E-state index is 0.0264. The molecule has 0 atom stereocenters. The van der Waals surface area contributed by atoms with Crippen LogP contribution in [-0.2, 0) is 18.4 Å². The van der Waals surface area contributed by atoms with E-state index in [2.05, 4.69) is 85.3 Å². The van der Waals surface area contributed by atoms with Crippen LogP contribution in [0.1, 0.15) is 32.2 Å². The molecule has 0 aliphatic heterocycles. The number of benzene rings is 1. The van der Waals surface area contributed by atoms with Crippen molar-refractivity contribution in [2.24, 2.45) is 4.99 Å². The SMILES string of the molecule is CCc1nncn1CCNC(=NC)NCC(C)(C)c1ccccc1Br. The highest BCUT2D eigenvalue weighted by molar-refractivity contribution is 9.10. The highest BCUT2D eigenvalue weighted by Crippen LogP contribution is 2.29. The third-order valence-corrected chi connectivity index (χ3v) is 4.87. The Balaban J connectivity index is 1.87. The van der Waals surface area contributed by atoms with Crippen molar-refractivity contribution in [2.75, 3.05) is 20.1 Å². The number of guanidine groups is 1. The molecule has 1 aromatic heterocycles. The number of aliphatic imine (C=N–C) groups is 1. The Labute approximate surface area is 158 Å². The molecule has 0 bridgehead atoms. The lowest BCUT2D eigenvalue weighted by molar-refractivity contribution is 0.505. The van der Waals surface area contributed by atoms with Crippen molar-refractivity contribution in [3.8, 4) is 0 Å². The number of hydrogen-bond acceptors (Lipinski definition) is 3. The fourth-order valence-electron chi connectivity index (χ4n) is 2.66. The van der Waals surface area contributed by atoms with Gasteiger partial charge in [0.25, 0.3) is 0 Å². The van der Waals surface area contributed by atoms with Crippen LogP contribution in [-0.4, -0.2) is 40.9 Å². The molecule has 2 rings (SSSR count). The van der Waals surface area contributed by atoms with E-state index in [4.69, 9.17) is 0 Å². The molecule has 0 saturated carbocycles. The molecule has 2 aromatic rings. The molecule has 0 fully saturated rings. The topological polar surface area (TPSA) is 67.1 Å². The molecule has 0 radical (unpaired) electrons. The van der Waals surface area contributed by atoms with Gasteiger partial charge in [0, 0.05) is 43.0 Å². The van der Waals surface area contributed by atoms with Crippen LogP contribution in [0.5, 0.6) is 0 Å². The molecule has 1 heterocycles. The van der Waals surface area contributed by atoms with Crippen LogP contribution in [0, 0.1) is 0 Å². The minimum Gasteiger partial charge on any atom is -0.356 e. The summed E-state index contributed by atoms with van der Waals surface area (Å²) < 4.78 is 3.19. The van der Waals surface area contributed by atoms with Gasteiger partial charge in [-0.3, -0.25) is 4.99 Å². The number of nitrogens with zero attached hydrogens (tertiary/aromatic N) is 4. The fourth-order valence-corrected chi connectivity index (χ4v) is 3.49. The summed E-state index contributed by atoms with van der Waals surface area (Å²) >= 11 is 3.65. The second kappa shape index (κ2) is 8.99. The van der Waals surface area contributed by atoms with E-state index >= 15 is 0 Å². The molecule has 136 valence electrons. The molecule has 6 nitrogen and oxygen atoms in total. The maximum atomic E-state index is 4.31. The summed E-state index contributed by atoms with van der Waals surface area (Å²) in [6.45, 7) is 8.88. The highest BCUT2D eigenvalue weighted by Gasteiger charge is 2.23. The Morgan fingerprint density at radius 2 is 2.04 bits per heavy atom. The van der Waals surface area contributed by atoms with Crippen LogP contribution in [0.3, 0.4) is 0 Å². The van der Waals surface area contributed by atoms with Crippen LogP contribution < -0.4 is 10.6 Å². The molecule has 0 amide bonds. The van der Waals surface area contributed by atoms with Gasteiger partial charge in [0.05, 0.1) is 0 Å². The van der Waals surface area contributed by atoms with Gasteiger partial charge in [-0.2, -0.15) is 0 Å². The summed E-state index contributed by atoms with van der Waals surface area (Å²) in [4.78, 5) is 4.31. The Morgan fingerprint density at radius 3 is 2.72 bits per heavy atom. The van der Waals surface area contributed by atoms with Gasteiger partial charge in [-0.25, -0.2) is 0 Å². The molecule has 0 aliphatic carbocycles. The molecule has 25 heavy (non-hydrogen) atoms. The van der Waals surface area contributed by atoms with Crippen LogP contribution in [0.15, 0.2) is 40.1 Å². The Kier molecular flexibility index (Phi) is 6.99. The van der Waals surface area contributed by atoms with Crippen molar-refractivity contribution in [1.29, 1.82) is 0 Å². The monoisotopic (exact) mass is 406 g/mol. The minimum atomic E-state index is -0.0264. The first-order valence-corrected chi connectivity index (χ1v) is 9.33. The quantitative estimate of drug-likeness (QED) is 0.547. The van der Waals surface area contributed by atoms with Gasteiger partial charge in [0.1, 0.15) is 12.2 Å². The Bertz CT molecular complexity index is 707. The second-order valence-electron chi connectivity index (χ2n) is 6.51. The summed E-state index contributed by atoms with van der Waals surface area (Å²) in [5, 5.41) is 14.8. The average Bonchev–Trinajstić information content (AvgIpc) is 3.05. The number of nitrogens with one attached hydrogen (secondary N) is 2. The summed E-state index contributed by atoms with van der Waals surface area (Å²) in [7, 11) is 1.79. The van der Waals surface area contributed by atoms with E-state index in [0.717, 1.165) is 42.3 Å². The largest absolute Gasteiger partial charge is 0.356 e. The average molecular weight is 407 g/mol. The van der Waals surface area contributed by atoms with E-state index in [-0.39, 0.29) is 5.41 Å². The predicted octanol–water partition coefficient (Wildman–Crippen LogP) is 2.75. The molecular formula is C18H27BrN6. The van der Waals surface area contributed by atoms with Gasteiger partial charge in [0.2, 0.25) is 0 Å². The molecular weight excluding hydrogens is 380 g/mol.